The van der Waals surface area contributed by atoms with Crippen LogP contribution in [0, 0.1) is 11.6 Å². The summed E-state index contributed by atoms with van der Waals surface area (Å²) >= 11 is 5.89. The Labute approximate surface area is 136 Å². The summed E-state index contributed by atoms with van der Waals surface area (Å²) in [4.78, 5) is 23.6. The van der Waals surface area contributed by atoms with Crippen LogP contribution in [0.25, 0.3) is 0 Å². The third-order valence-corrected chi connectivity index (χ3v) is 3.32. The zero-order valence-electron chi connectivity index (χ0n) is 11.9. The van der Waals surface area contributed by atoms with Crippen molar-refractivity contribution in [1.29, 1.82) is 0 Å². The standard InChI is InChI=1S/C16H13ClF2N2O2/c17-13-4-2-1-3-11(13)15(22)20-7-8-21-16(23)12-6-5-10(18)9-14(12)19/h1-6,9H,7-8H2,(H,20,22)(H,21,23). The third kappa shape index (κ3) is 4.50. The van der Waals surface area contributed by atoms with E-state index < -0.39 is 17.5 Å². The minimum atomic E-state index is -0.942. The van der Waals surface area contributed by atoms with E-state index in [9.17, 15) is 18.4 Å². The van der Waals surface area contributed by atoms with Crippen molar-refractivity contribution >= 4 is 23.4 Å². The van der Waals surface area contributed by atoms with Gasteiger partial charge >= 0.3 is 0 Å². The SMILES string of the molecule is O=C(NCCNC(=O)c1ccccc1Cl)c1ccc(F)cc1F. The van der Waals surface area contributed by atoms with Crippen molar-refractivity contribution in [2.24, 2.45) is 0 Å². The van der Waals surface area contributed by atoms with Crippen molar-refractivity contribution in [3.63, 3.8) is 0 Å². The largest absolute Gasteiger partial charge is 0.350 e. The Balaban J connectivity index is 1.82. The van der Waals surface area contributed by atoms with Crippen LogP contribution in [0.1, 0.15) is 20.7 Å². The number of amides is 2. The Bertz CT molecular complexity index is 738. The molecule has 0 saturated carbocycles. The molecule has 0 aliphatic rings. The molecule has 0 unspecified atom stereocenters. The Kier molecular flexibility index (Phi) is 5.65. The zero-order valence-corrected chi connectivity index (χ0v) is 12.7. The zero-order chi connectivity index (χ0) is 16.8. The van der Waals surface area contributed by atoms with Gasteiger partial charge in [-0.1, -0.05) is 23.7 Å². The molecule has 0 aliphatic heterocycles. The van der Waals surface area contributed by atoms with Crippen molar-refractivity contribution in [2.45, 2.75) is 0 Å². The molecule has 0 radical (unpaired) electrons. The molecule has 0 aromatic heterocycles. The molecule has 0 atom stereocenters. The van der Waals surface area contributed by atoms with E-state index in [-0.39, 0.29) is 24.6 Å². The van der Waals surface area contributed by atoms with Crippen LogP contribution in [0.5, 0.6) is 0 Å². The maximum absolute atomic E-state index is 13.4. The molecular weight excluding hydrogens is 326 g/mol. The average molecular weight is 339 g/mol. The highest BCUT2D eigenvalue weighted by atomic mass is 35.5. The summed E-state index contributed by atoms with van der Waals surface area (Å²) in [7, 11) is 0. The molecule has 2 amide bonds. The number of benzene rings is 2. The monoisotopic (exact) mass is 338 g/mol. The van der Waals surface area contributed by atoms with Gasteiger partial charge in [0.1, 0.15) is 11.6 Å². The maximum atomic E-state index is 13.4. The Morgan fingerprint density at radius 1 is 0.913 bits per heavy atom. The van der Waals surface area contributed by atoms with Crippen LogP contribution in [-0.4, -0.2) is 24.9 Å². The lowest BCUT2D eigenvalue weighted by Gasteiger charge is -2.08. The normalized spacial score (nSPS) is 10.2. The molecule has 2 aromatic rings. The van der Waals surface area contributed by atoms with Crippen LogP contribution in [0.15, 0.2) is 42.5 Å². The lowest BCUT2D eigenvalue weighted by molar-refractivity contribution is 0.0925. The number of hydrogen-bond donors (Lipinski definition) is 2. The van der Waals surface area contributed by atoms with Gasteiger partial charge in [0.15, 0.2) is 0 Å². The first-order valence-electron chi connectivity index (χ1n) is 6.75. The lowest BCUT2D eigenvalue weighted by Crippen LogP contribution is -2.35. The molecule has 7 heteroatoms. The van der Waals surface area contributed by atoms with E-state index in [0.29, 0.717) is 16.7 Å². The lowest BCUT2D eigenvalue weighted by atomic mass is 10.2. The van der Waals surface area contributed by atoms with Crippen molar-refractivity contribution in [2.75, 3.05) is 13.1 Å². The molecule has 0 heterocycles. The molecule has 4 nitrogen and oxygen atoms in total. The molecule has 0 spiro atoms. The van der Waals surface area contributed by atoms with E-state index in [1.807, 2.05) is 0 Å². The second-order valence-corrected chi connectivity index (χ2v) is 5.02. The van der Waals surface area contributed by atoms with Gasteiger partial charge in [0.2, 0.25) is 0 Å². The van der Waals surface area contributed by atoms with Gasteiger partial charge in [0.05, 0.1) is 16.1 Å². The number of carbonyl (C=O) groups is 2. The smallest absolute Gasteiger partial charge is 0.254 e. The fourth-order valence-corrected chi connectivity index (χ4v) is 2.08. The highest BCUT2D eigenvalue weighted by molar-refractivity contribution is 6.33. The molecule has 0 bridgehead atoms. The molecule has 120 valence electrons. The third-order valence-electron chi connectivity index (χ3n) is 2.99. The molecule has 0 aliphatic carbocycles. The van der Waals surface area contributed by atoms with Gasteiger partial charge in [0, 0.05) is 19.2 Å². The van der Waals surface area contributed by atoms with Gasteiger partial charge < -0.3 is 10.6 Å². The van der Waals surface area contributed by atoms with Gasteiger partial charge in [-0.2, -0.15) is 0 Å². The second-order valence-electron chi connectivity index (χ2n) is 4.62. The quantitative estimate of drug-likeness (QED) is 0.824. The second kappa shape index (κ2) is 7.69. The topological polar surface area (TPSA) is 58.2 Å². The molecule has 23 heavy (non-hydrogen) atoms. The van der Waals surface area contributed by atoms with Crippen molar-refractivity contribution in [3.8, 4) is 0 Å². The number of carbonyl (C=O) groups excluding carboxylic acids is 2. The highest BCUT2D eigenvalue weighted by Gasteiger charge is 2.12. The van der Waals surface area contributed by atoms with Gasteiger partial charge in [-0.05, 0) is 24.3 Å². The Hall–Kier alpha value is -2.47. The summed E-state index contributed by atoms with van der Waals surface area (Å²) in [6.07, 6.45) is 0. The van der Waals surface area contributed by atoms with Crippen LogP contribution in [0.3, 0.4) is 0 Å². The van der Waals surface area contributed by atoms with E-state index in [4.69, 9.17) is 11.6 Å². The predicted molar refractivity (Wildman–Crippen MR) is 82.5 cm³/mol. The molecule has 2 aromatic carbocycles. The van der Waals surface area contributed by atoms with Gasteiger partial charge in [-0.25, -0.2) is 8.78 Å². The van der Waals surface area contributed by atoms with Crippen LogP contribution >= 0.6 is 11.6 Å². The molecule has 0 saturated heterocycles. The van der Waals surface area contributed by atoms with Crippen LogP contribution < -0.4 is 10.6 Å². The first-order valence-corrected chi connectivity index (χ1v) is 7.13. The van der Waals surface area contributed by atoms with Crippen molar-refractivity contribution < 1.29 is 18.4 Å². The highest BCUT2D eigenvalue weighted by Crippen LogP contribution is 2.14. The molecule has 2 rings (SSSR count). The summed E-state index contributed by atoms with van der Waals surface area (Å²) in [5.41, 5.74) is 0.0638. The van der Waals surface area contributed by atoms with Crippen LogP contribution in [0.4, 0.5) is 8.78 Å². The fourth-order valence-electron chi connectivity index (χ4n) is 1.86. The predicted octanol–water partition coefficient (Wildman–Crippen LogP) is 2.78. The van der Waals surface area contributed by atoms with Crippen molar-refractivity contribution in [1.82, 2.24) is 10.6 Å². The van der Waals surface area contributed by atoms with E-state index >= 15 is 0 Å². The van der Waals surface area contributed by atoms with Crippen LogP contribution in [-0.2, 0) is 0 Å². The summed E-state index contributed by atoms with van der Waals surface area (Å²) < 4.78 is 26.2. The minimum absolute atomic E-state index is 0.0891. The maximum Gasteiger partial charge on any atom is 0.254 e. The Morgan fingerprint density at radius 3 is 2.13 bits per heavy atom. The summed E-state index contributed by atoms with van der Waals surface area (Å²) in [5.74, 6) is -2.76. The molecular formula is C16H13ClF2N2O2. The first-order chi connectivity index (χ1) is 11.0. The number of nitrogens with one attached hydrogen (secondary N) is 2. The number of rotatable bonds is 5. The number of halogens is 3. The molecule has 0 fully saturated rings. The summed E-state index contributed by atoms with van der Waals surface area (Å²) in [5, 5.41) is 5.33. The van der Waals surface area contributed by atoms with E-state index in [1.165, 1.54) is 0 Å². The van der Waals surface area contributed by atoms with E-state index in [2.05, 4.69) is 10.6 Å². The van der Waals surface area contributed by atoms with Gasteiger partial charge in [0.25, 0.3) is 11.8 Å². The van der Waals surface area contributed by atoms with Gasteiger partial charge in [-0.3, -0.25) is 9.59 Å². The van der Waals surface area contributed by atoms with Gasteiger partial charge in [-0.15, -0.1) is 0 Å². The minimum Gasteiger partial charge on any atom is -0.350 e. The van der Waals surface area contributed by atoms with E-state index in [0.717, 1.165) is 12.1 Å². The summed E-state index contributed by atoms with van der Waals surface area (Å²) in [6.45, 7) is 0.227. The Morgan fingerprint density at radius 2 is 1.52 bits per heavy atom. The van der Waals surface area contributed by atoms with Crippen LogP contribution in [0.2, 0.25) is 5.02 Å². The number of hydrogen-bond acceptors (Lipinski definition) is 2. The average Bonchev–Trinajstić information content (AvgIpc) is 2.51. The summed E-state index contributed by atoms with van der Waals surface area (Å²) in [6, 6.07) is 9.24. The van der Waals surface area contributed by atoms with Crippen molar-refractivity contribution in [3.05, 3.63) is 70.2 Å². The van der Waals surface area contributed by atoms with E-state index in [1.54, 1.807) is 24.3 Å². The first kappa shape index (κ1) is 16.9. The fraction of sp³-hybridized carbons (Fsp3) is 0.125. The molecule has 2 N–H and O–H groups in total.